The van der Waals surface area contributed by atoms with Gasteiger partial charge in [0.25, 0.3) is 11.8 Å². The van der Waals surface area contributed by atoms with Gasteiger partial charge in [-0.2, -0.15) is 0 Å². The van der Waals surface area contributed by atoms with Crippen molar-refractivity contribution in [3.05, 3.63) is 59.7 Å². The molecule has 0 bridgehead atoms. The predicted molar refractivity (Wildman–Crippen MR) is 97.5 cm³/mol. The van der Waals surface area contributed by atoms with Crippen molar-refractivity contribution in [1.29, 1.82) is 0 Å². The van der Waals surface area contributed by atoms with Crippen LogP contribution in [0.4, 0.5) is 0 Å². The summed E-state index contributed by atoms with van der Waals surface area (Å²) in [7, 11) is 1.57. The van der Waals surface area contributed by atoms with Gasteiger partial charge in [-0.05, 0) is 49.2 Å². The van der Waals surface area contributed by atoms with E-state index in [1.165, 1.54) is 12.1 Å². The number of phenolic OH excluding ortho intramolecular Hbond substituents is 1. The molecule has 3 rings (SSSR count). The summed E-state index contributed by atoms with van der Waals surface area (Å²) in [5.74, 6) is 0.487. The summed E-state index contributed by atoms with van der Waals surface area (Å²) in [5, 5.41) is 12.4. The molecule has 1 aliphatic rings. The lowest BCUT2D eigenvalue weighted by Crippen LogP contribution is -2.46. The average Bonchev–Trinajstić information content (AvgIpc) is 2.68. The van der Waals surface area contributed by atoms with Gasteiger partial charge in [-0.25, -0.2) is 0 Å². The summed E-state index contributed by atoms with van der Waals surface area (Å²) in [5.41, 5.74) is 1.03. The van der Waals surface area contributed by atoms with E-state index in [1.807, 2.05) is 0 Å². The summed E-state index contributed by atoms with van der Waals surface area (Å²) in [6.45, 7) is 1.17. The molecule has 2 amide bonds. The molecule has 0 spiro atoms. The van der Waals surface area contributed by atoms with Gasteiger partial charge in [0.15, 0.2) is 0 Å². The molecule has 2 N–H and O–H groups in total. The minimum atomic E-state index is -0.210. The van der Waals surface area contributed by atoms with Crippen molar-refractivity contribution in [2.75, 3.05) is 20.2 Å². The number of hydrogen-bond donors (Lipinski definition) is 2. The van der Waals surface area contributed by atoms with Crippen LogP contribution >= 0.6 is 0 Å². The normalized spacial score (nSPS) is 14.7. The van der Waals surface area contributed by atoms with Crippen molar-refractivity contribution >= 4 is 11.8 Å². The maximum Gasteiger partial charge on any atom is 0.253 e. The van der Waals surface area contributed by atoms with Crippen molar-refractivity contribution in [3.63, 3.8) is 0 Å². The Labute approximate surface area is 152 Å². The number of likely N-dealkylation sites (tertiary alicyclic amines) is 1. The van der Waals surface area contributed by atoms with Crippen LogP contribution in [0.1, 0.15) is 33.6 Å². The summed E-state index contributed by atoms with van der Waals surface area (Å²) >= 11 is 0. The summed E-state index contributed by atoms with van der Waals surface area (Å²) < 4.78 is 5.17. The molecule has 1 heterocycles. The number of nitrogens with one attached hydrogen (secondary N) is 1. The van der Waals surface area contributed by atoms with Crippen LogP contribution in [0.3, 0.4) is 0 Å². The lowest BCUT2D eigenvalue weighted by Gasteiger charge is -2.32. The number of hydrogen-bond acceptors (Lipinski definition) is 4. The first-order valence-electron chi connectivity index (χ1n) is 8.60. The van der Waals surface area contributed by atoms with E-state index in [0.717, 1.165) is 0 Å². The fourth-order valence-electron chi connectivity index (χ4n) is 3.08. The quantitative estimate of drug-likeness (QED) is 0.884. The second-order valence-electron chi connectivity index (χ2n) is 6.32. The lowest BCUT2D eigenvalue weighted by atomic mass is 10.0. The zero-order valence-electron chi connectivity index (χ0n) is 14.6. The number of amides is 2. The average molecular weight is 354 g/mol. The number of ether oxygens (including phenoxy) is 1. The van der Waals surface area contributed by atoms with Crippen LogP contribution in [-0.4, -0.2) is 48.1 Å². The molecule has 0 unspecified atom stereocenters. The SMILES string of the molecule is COc1cccc(C(=O)N2CCC(NC(=O)c3cccc(O)c3)CC2)c1. The van der Waals surface area contributed by atoms with E-state index in [9.17, 15) is 14.7 Å². The van der Waals surface area contributed by atoms with Crippen molar-refractivity contribution in [3.8, 4) is 11.5 Å². The summed E-state index contributed by atoms with van der Waals surface area (Å²) in [4.78, 5) is 26.7. The first kappa shape index (κ1) is 17.8. The third-order valence-corrected chi connectivity index (χ3v) is 4.54. The Morgan fingerprint density at radius 3 is 2.46 bits per heavy atom. The van der Waals surface area contributed by atoms with Crippen LogP contribution in [-0.2, 0) is 0 Å². The molecule has 0 atom stereocenters. The maximum absolute atomic E-state index is 12.6. The molecule has 0 saturated carbocycles. The van der Waals surface area contributed by atoms with E-state index in [-0.39, 0.29) is 23.6 Å². The molecule has 0 aliphatic carbocycles. The predicted octanol–water partition coefficient (Wildman–Crippen LogP) is 2.44. The van der Waals surface area contributed by atoms with Crippen molar-refractivity contribution < 1.29 is 19.4 Å². The van der Waals surface area contributed by atoms with Gasteiger partial charge in [0, 0.05) is 30.3 Å². The van der Waals surface area contributed by atoms with E-state index in [4.69, 9.17) is 4.74 Å². The minimum Gasteiger partial charge on any atom is -0.508 e. The molecule has 2 aromatic rings. The van der Waals surface area contributed by atoms with E-state index >= 15 is 0 Å². The summed E-state index contributed by atoms with van der Waals surface area (Å²) in [6.07, 6.45) is 1.39. The molecular formula is C20H22N2O4. The zero-order chi connectivity index (χ0) is 18.5. The van der Waals surface area contributed by atoms with Crippen molar-refractivity contribution in [2.45, 2.75) is 18.9 Å². The van der Waals surface area contributed by atoms with Crippen LogP contribution in [0.15, 0.2) is 48.5 Å². The molecule has 136 valence electrons. The number of rotatable bonds is 4. The molecule has 1 aliphatic heterocycles. The first-order valence-corrected chi connectivity index (χ1v) is 8.60. The number of nitrogens with zero attached hydrogens (tertiary/aromatic N) is 1. The largest absolute Gasteiger partial charge is 0.508 e. The molecule has 6 nitrogen and oxygen atoms in total. The Morgan fingerprint density at radius 2 is 1.77 bits per heavy atom. The highest BCUT2D eigenvalue weighted by molar-refractivity contribution is 5.95. The highest BCUT2D eigenvalue weighted by atomic mass is 16.5. The molecular weight excluding hydrogens is 332 g/mol. The Balaban J connectivity index is 1.55. The Morgan fingerprint density at radius 1 is 1.08 bits per heavy atom. The second-order valence-corrected chi connectivity index (χ2v) is 6.32. The van der Waals surface area contributed by atoms with Crippen LogP contribution in [0, 0.1) is 0 Å². The Hall–Kier alpha value is -3.02. The van der Waals surface area contributed by atoms with Crippen molar-refractivity contribution in [1.82, 2.24) is 10.2 Å². The van der Waals surface area contributed by atoms with Crippen LogP contribution in [0.2, 0.25) is 0 Å². The second kappa shape index (κ2) is 7.91. The topological polar surface area (TPSA) is 78.9 Å². The molecule has 1 fully saturated rings. The van der Waals surface area contributed by atoms with Gasteiger partial charge in [-0.3, -0.25) is 9.59 Å². The monoisotopic (exact) mass is 354 g/mol. The van der Waals surface area contributed by atoms with E-state index in [0.29, 0.717) is 42.8 Å². The van der Waals surface area contributed by atoms with Crippen LogP contribution in [0.5, 0.6) is 11.5 Å². The number of piperidine rings is 1. The Bertz CT molecular complexity index is 798. The van der Waals surface area contributed by atoms with Gasteiger partial charge in [0.2, 0.25) is 0 Å². The standard InChI is InChI=1S/C20H22N2O4/c1-26-18-7-3-5-15(13-18)20(25)22-10-8-16(9-11-22)21-19(24)14-4-2-6-17(23)12-14/h2-7,12-13,16,23H,8-11H2,1H3,(H,21,24). The lowest BCUT2D eigenvalue weighted by molar-refractivity contribution is 0.0697. The van der Waals surface area contributed by atoms with Gasteiger partial charge in [0.05, 0.1) is 7.11 Å². The number of methoxy groups -OCH3 is 1. The van der Waals surface area contributed by atoms with Crippen molar-refractivity contribution in [2.24, 2.45) is 0 Å². The molecule has 6 heteroatoms. The highest BCUT2D eigenvalue weighted by Gasteiger charge is 2.25. The fraction of sp³-hybridized carbons (Fsp3) is 0.300. The van der Waals surface area contributed by atoms with Gasteiger partial charge in [-0.15, -0.1) is 0 Å². The first-order chi connectivity index (χ1) is 12.6. The number of carbonyl (C=O) groups is 2. The van der Waals surface area contributed by atoms with E-state index < -0.39 is 0 Å². The van der Waals surface area contributed by atoms with E-state index in [1.54, 1.807) is 48.4 Å². The molecule has 1 saturated heterocycles. The van der Waals surface area contributed by atoms with Crippen LogP contribution in [0.25, 0.3) is 0 Å². The minimum absolute atomic E-state index is 0.0132. The van der Waals surface area contributed by atoms with Gasteiger partial charge in [-0.1, -0.05) is 12.1 Å². The Kier molecular flexibility index (Phi) is 5.41. The molecule has 0 radical (unpaired) electrons. The van der Waals surface area contributed by atoms with Gasteiger partial charge < -0.3 is 20.1 Å². The maximum atomic E-state index is 12.6. The van der Waals surface area contributed by atoms with Gasteiger partial charge >= 0.3 is 0 Å². The smallest absolute Gasteiger partial charge is 0.253 e. The molecule has 0 aromatic heterocycles. The summed E-state index contributed by atoms with van der Waals surface area (Å²) in [6, 6.07) is 13.4. The third-order valence-electron chi connectivity index (χ3n) is 4.54. The fourth-order valence-corrected chi connectivity index (χ4v) is 3.08. The zero-order valence-corrected chi connectivity index (χ0v) is 14.6. The number of aromatic hydroxyl groups is 1. The third kappa shape index (κ3) is 4.14. The van der Waals surface area contributed by atoms with Gasteiger partial charge in [0.1, 0.15) is 11.5 Å². The molecule has 26 heavy (non-hydrogen) atoms. The number of phenols is 1. The highest BCUT2D eigenvalue weighted by Crippen LogP contribution is 2.18. The van der Waals surface area contributed by atoms with Crippen LogP contribution < -0.4 is 10.1 Å². The molecule has 2 aromatic carbocycles. The number of benzene rings is 2. The van der Waals surface area contributed by atoms with E-state index in [2.05, 4.69) is 5.32 Å². The number of carbonyl (C=O) groups excluding carboxylic acids is 2.